The molecule has 0 spiro atoms. The second-order valence-corrected chi connectivity index (χ2v) is 28.7. The van der Waals surface area contributed by atoms with Crippen molar-refractivity contribution in [2.75, 3.05) is 0 Å². The minimum atomic E-state index is -2.49. The van der Waals surface area contributed by atoms with Gasteiger partial charge < -0.3 is 0 Å². The Hall–Kier alpha value is -2.54. The van der Waals surface area contributed by atoms with Crippen LogP contribution >= 0.6 is 0 Å². The van der Waals surface area contributed by atoms with Crippen LogP contribution in [-0.2, 0) is 31.2 Å². The van der Waals surface area contributed by atoms with Gasteiger partial charge in [0.15, 0.2) is 0 Å². The Morgan fingerprint density at radius 1 is 0.548 bits per heavy atom. The number of hydrogen-bond donors (Lipinski definition) is 0. The van der Waals surface area contributed by atoms with Gasteiger partial charge >= 0.3 is 263 Å². The molecular weight excluding hydrogens is 600 g/mol. The van der Waals surface area contributed by atoms with Gasteiger partial charge in [0, 0.05) is 0 Å². The molecule has 212 valence electrons. The summed E-state index contributed by atoms with van der Waals surface area (Å²) in [6.45, 7) is 18.6. The van der Waals surface area contributed by atoms with Crippen LogP contribution in [0.25, 0.3) is 11.1 Å². The molecule has 6 rings (SSSR count). The fraction of sp³-hybridized carbons (Fsp3) is 0.300. The predicted octanol–water partition coefficient (Wildman–Crippen LogP) is 9.31. The summed E-state index contributed by atoms with van der Waals surface area (Å²) in [7, 11) is 0. The van der Waals surface area contributed by atoms with E-state index in [1.54, 1.807) is 21.5 Å². The van der Waals surface area contributed by atoms with Crippen molar-refractivity contribution >= 4 is 15.8 Å². The van der Waals surface area contributed by atoms with Crippen molar-refractivity contribution in [2.24, 2.45) is 0 Å². The summed E-state index contributed by atoms with van der Waals surface area (Å²) in [6, 6.07) is 34.2. The van der Waals surface area contributed by atoms with Crippen LogP contribution < -0.4 is 10.4 Å². The Bertz CT molecular complexity index is 1610. The van der Waals surface area contributed by atoms with Gasteiger partial charge in [-0.25, -0.2) is 0 Å². The minimum absolute atomic E-state index is 0.114. The summed E-state index contributed by atoms with van der Waals surface area (Å²) >= 11 is -2.49. The molecule has 0 fully saturated rings. The Morgan fingerprint density at radius 2 is 0.952 bits per heavy atom. The third-order valence-corrected chi connectivity index (χ3v) is 29.5. The van der Waals surface area contributed by atoms with Crippen molar-refractivity contribution in [1.82, 2.24) is 0 Å². The summed E-state index contributed by atoms with van der Waals surface area (Å²) in [6.07, 6.45) is 9.76. The first kappa shape index (κ1) is 29.5. The zero-order chi connectivity index (χ0) is 29.8. The Labute approximate surface area is 261 Å². The van der Waals surface area contributed by atoms with Crippen molar-refractivity contribution in [3.8, 4) is 11.1 Å². The first-order valence-electron chi connectivity index (χ1n) is 15.4. The van der Waals surface area contributed by atoms with E-state index in [-0.39, 0.29) is 10.8 Å². The molecule has 0 N–H and O–H groups in total. The molecule has 0 unspecified atom stereocenters. The van der Waals surface area contributed by atoms with Crippen LogP contribution in [0.3, 0.4) is 0 Å². The molecule has 2 aliphatic carbocycles. The SMILES string of the molecule is Cc1ccc([Si](c2ccc(C)cc2)=[Zr]([CH]2C=CC=C2)[CH]2c3cc(C(C)(C)C)ccc3-c3ccc(C(C)(C)C)cc32)cc1. The van der Waals surface area contributed by atoms with Crippen LogP contribution in [0.5, 0.6) is 0 Å². The van der Waals surface area contributed by atoms with Gasteiger partial charge in [0.05, 0.1) is 0 Å². The summed E-state index contributed by atoms with van der Waals surface area (Å²) in [5.74, 6) is 0. The Morgan fingerprint density at radius 3 is 1.33 bits per heavy atom. The molecule has 0 amide bonds. The van der Waals surface area contributed by atoms with Gasteiger partial charge in [0.2, 0.25) is 0 Å². The topological polar surface area (TPSA) is 0 Å². The summed E-state index contributed by atoms with van der Waals surface area (Å²) in [5.41, 5.74) is 11.0. The first-order chi connectivity index (χ1) is 19.9. The number of aryl methyl sites for hydroxylation is 2. The van der Waals surface area contributed by atoms with Crippen LogP contribution in [0.4, 0.5) is 0 Å². The number of fused-ring (bicyclic) bond motifs is 3. The first-order valence-corrected chi connectivity index (χ1v) is 23.5. The molecule has 0 radical (unpaired) electrons. The van der Waals surface area contributed by atoms with Gasteiger partial charge in [-0.3, -0.25) is 0 Å². The molecule has 4 aromatic rings. The Balaban J connectivity index is 1.74. The molecule has 0 saturated carbocycles. The molecular formula is C40H44SiZr. The van der Waals surface area contributed by atoms with E-state index >= 15 is 0 Å². The van der Waals surface area contributed by atoms with E-state index in [0.717, 1.165) is 0 Å². The fourth-order valence-corrected chi connectivity index (χ4v) is 29.5. The van der Waals surface area contributed by atoms with Gasteiger partial charge in [0.25, 0.3) is 0 Å². The van der Waals surface area contributed by atoms with Crippen LogP contribution in [0, 0.1) is 13.8 Å². The number of rotatable bonds is 4. The monoisotopic (exact) mass is 642 g/mol. The third-order valence-electron chi connectivity index (χ3n) is 9.13. The van der Waals surface area contributed by atoms with E-state index in [1.807, 2.05) is 0 Å². The third kappa shape index (κ3) is 5.58. The second-order valence-electron chi connectivity index (χ2n) is 14.4. The van der Waals surface area contributed by atoms with Crippen molar-refractivity contribution in [2.45, 2.75) is 73.5 Å². The number of benzene rings is 4. The maximum atomic E-state index is 2.61. The zero-order valence-corrected chi connectivity index (χ0v) is 30.0. The zero-order valence-electron chi connectivity index (χ0n) is 26.5. The molecule has 2 aliphatic rings. The number of allylic oxidation sites excluding steroid dienone is 4. The van der Waals surface area contributed by atoms with Crippen molar-refractivity contribution in [3.63, 3.8) is 0 Å². The molecule has 0 bridgehead atoms. The van der Waals surface area contributed by atoms with Crippen molar-refractivity contribution < 1.29 is 20.4 Å². The van der Waals surface area contributed by atoms with Gasteiger partial charge in [-0.2, -0.15) is 0 Å². The fourth-order valence-electron chi connectivity index (χ4n) is 6.61. The van der Waals surface area contributed by atoms with E-state index in [1.165, 1.54) is 33.4 Å². The van der Waals surface area contributed by atoms with Crippen LogP contribution in [-0.4, -0.2) is 5.43 Å². The van der Waals surface area contributed by atoms with Gasteiger partial charge in [-0.15, -0.1) is 0 Å². The molecule has 0 heterocycles. The second kappa shape index (κ2) is 11.2. The summed E-state index contributed by atoms with van der Waals surface area (Å²) in [4.78, 5) is 0. The molecule has 2 heteroatoms. The predicted molar refractivity (Wildman–Crippen MR) is 181 cm³/mol. The van der Waals surface area contributed by atoms with Gasteiger partial charge in [-0.05, 0) is 0 Å². The average molecular weight is 644 g/mol. The van der Waals surface area contributed by atoms with E-state index in [4.69, 9.17) is 0 Å². The molecule has 42 heavy (non-hydrogen) atoms. The molecule has 4 aromatic carbocycles. The standard InChI is InChI=1S/C21H25.C14H14Si.C5H5.Zr/c1-20(2,3)16-7-9-18-14(12-16)11-15-13-17(21(4,5)6)8-10-19(15)18;1-11-3-7-13(8-4-11)15-14-9-5-12(2)6-10-14;1-2-4-5-3-1;/h7-13H,1-6H3;3-10H,1-2H3;1-5H;. The van der Waals surface area contributed by atoms with Gasteiger partial charge in [0.1, 0.15) is 0 Å². The Kier molecular flexibility index (Phi) is 7.86. The summed E-state index contributed by atoms with van der Waals surface area (Å²) < 4.78 is 1.08. The average Bonchev–Trinajstić information content (AvgIpc) is 3.58. The van der Waals surface area contributed by atoms with Crippen LogP contribution in [0.15, 0.2) is 109 Å². The maximum absolute atomic E-state index is 2.61. The van der Waals surface area contributed by atoms with Crippen LogP contribution in [0.1, 0.15) is 78.5 Å². The quantitative estimate of drug-likeness (QED) is 0.195. The van der Waals surface area contributed by atoms with Crippen molar-refractivity contribution in [1.29, 1.82) is 0 Å². The molecule has 0 atom stereocenters. The van der Waals surface area contributed by atoms with E-state index < -0.39 is 25.8 Å². The van der Waals surface area contributed by atoms with E-state index in [0.29, 0.717) is 7.25 Å². The normalized spacial score (nSPS) is 14.8. The molecule has 0 saturated heterocycles. The molecule has 0 aromatic heterocycles. The van der Waals surface area contributed by atoms with Gasteiger partial charge in [-0.1, -0.05) is 0 Å². The van der Waals surface area contributed by atoms with Crippen molar-refractivity contribution in [3.05, 3.63) is 143 Å². The van der Waals surface area contributed by atoms with E-state index in [9.17, 15) is 0 Å². The van der Waals surface area contributed by atoms with Crippen LogP contribution in [0.2, 0.25) is 3.63 Å². The van der Waals surface area contributed by atoms with E-state index in [2.05, 4.69) is 165 Å². The molecule has 0 aliphatic heterocycles. The molecule has 0 nitrogen and oxygen atoms in total. The number of hydrogen-bond acceptors (Lipinski definition) is 0. The summed E-state index contributed by atoms with van der Waals surface area (Å²) in [5, 5.41) is 3.18.